The third-order valence-corrected chi connectivity index (χ3v) is 5.33. The molecule has 116 valence electrons. The van der Waals surface area contributed by atoms with Gasteiger partial charge in [0.1, 0.15) is 16.9 Å². The van der Waals surface area contributed by atoms with Gasteiger partial charge < -0.3 is 14.2 Å². The number of hydrogen-bond donors (Lipinski definition) is 0. The zero-order valence-electron chi connectivity index (χ0n) is 12.4. The minimum Gasteiger partial charge on any atom is -0.392 e. The van der Waals surface area contributed by atoms with Crippen molar-refractivity contribution < 1.29 is 23.8 Å². The van der Waals surface area contributed by atoms with Gasteiger partial charge in [0.2, 0.25) is 0 Å². The predicted molar refractivity (Wildman–Crippen MR) is 75.6 cm³/mol. The summed E-state index contributed by atoms with van der Waals surface area (Å²) in [6, 6.07) is 9.84. The molecule has 0 unspecified atom stereocenters. The Morgan fingerprint density at radius 3 is 2.82 bits per heavy atom. The maximum atomic E-state index is 12.1. The normalized spacial score (nSPS) is 39.1. The first-order valence-electron chi connectivity index (χ1n) is 7.62. The molecule has 4 rings (SSSR count). The third kappa shape index (κ3) is 1.72. The average Bonchev–Trinajstić information content (AvgIpc) is 3.10. The second-order valence-corrected chi connectivity index (χ2v) is 6.61. The summed E-state index contributed by atoms with van der Waals surface area (Å²) in [7, 11) is 0. The standard InChI is InChI=1S/C17H18O5/c1-16-12-7-8-17(22-12,13(16)14(18)21-15(16)19)10-20-9-11-5-3-2-4-6-11/h2-6,12-13H,7-10H2,1H3/t12-,13-,16-,17-/m0/s1. The molecule has 2 bridgehead atoms. The van der Waals surface area contributed by atoms with Crippen molar-refractivity contribution in [1.29, 1.82) is 0 Å². The van der Waals surface area contributed by atoms with Gasteiger partial charge in [-0.3, -0.25) is 9.59 Å². The zero-order chi connectivity index (χ0) is 15.4. The molecule has 0 spiro atoms. The fraction of sp³-hybridized carbons (Fsp3) is 0.529. The molecular weight excluding hydrogens is 284 g/mol. The molecule has 0 amide bonds. The van der Waals surface area contributed by atoms with E-state index in [9.17, 15) is 9.59 Å². The summed E-state index contributed by atoms with van der Waals surface area (Å²) in [5.41, 5.74) is -0.484. The smallest absolute Gasteiger partial charge is 0.323 e. The summed E-state index contributed by atoms with van der Waals surface area (Å²) in [5, 5.41) is 0. The monoisotopic (exact) mass is 302 g/mol. The summed E-state index contributed by atoms with van der Waals surface area (Å²) in [4.78, 5) is 24.2. The van der Waals surface area contributed by atoms with E-state index in [-0.39, 0.29) is 6.10 Å². The molecule has 3 fully saturated rings. The number of benzene rings is 1. The van der Waals surface area contributed by atoms with E-state index >= 15 is 0 Å². The third-order valence-electron chi connectivity index (χ3n) is 5.33. The van der Waals surface area contributed by atoms with E-state index in [4.69, 9.17) is 14.2 Å². The van der Waals surface area contributed by atoms with Crippen LogP contribution in [0.1, 0.15) is 25.3 Å². The summed E-state index contributed by atoms with van der Waals surface area (Å²) >= 11 is 0. The highest BCUT2D eigenvalue weighted by molar-refractivity contribution is 6.01. The molecule has 3 saturated heterocycles. The van der Waals surface area contributed by atoms with Crippen LogP contribution in [0.5, 0.6) is 0 Å². The highest BCUT2D eigenvalue weighted by Crippen LogP contribution is 2.61. The van der Waals surface area contributed by atoms with Gasteiger partial charge in [-0.05, 0) is 25.3 Å². The number of carbonyl (C=O) groups is 2. The van der Waals surface area contributed by atoms with Crippen molar-refractivity contribution in [2.45, 2.75) is 38.1 Å². The minimum atomic E-state index is -0.842. The van der Waals surface area contributed by atoms with E-state index in [0.717, 1.165) is 18.4 Å². The first kappa shape index (κ1) is 13.9. The first-order valence-corrected chi connectivity index (χ1v) is 7.62. The molecule has 0 aliphatic carbocycles. The van der Waals surface area contributed by atoms with Crippen molar-refractivity contribution in [3.63, 3.8) is 0 Å². The molecule has 3 aliphatic heterocycles. The summed E-state index contributed by atoms with van der Waals surface area (Å²) in [6.45, 7) is 2.55. The van der Waals surface area contributed by atoms with Gasteiger partial charge in [0, 0.05) is 0 Å². The molecule has 3 heterocycles. The van der Waals surface area contributed by atoms with E-state index < -0.39 is 28.9 Å². The Hall–Kier alpha value is -1.72. The number of carbonyl (C=O) groups excluding carboxylic acids is 2. The first-order chi connectivity index (χ1) is 10.6. The van der Waals surface area contributed by atoms with Gasteiger partial charge in [0.25, 0.3) is 0 Å². The summed E-state index contributed by atoms with van der Waals surface area (Å²) in [6.07, 6.45) is 1.26. The van der Waals surface area contributed by atoms with E-state index in [1.165, 1.54) is 0 Å². The van der Waals surface area contributed by atoms with Gasteiger partial charge in [-0.25, -0.2) is 0 Å². The Kier molecular flexibility index (Phi) is 2.93. The summed E-state index contributed by atoms with van der Waals surface area (Å²) in [5.74, 6) is -1.45. The lowest BCUT2D eigenvalue weighted by Crippen LogP contribution is -2.48. The molecule has 0 aromatic heterocycles. The molecule has 0 saturated carbocycles. The van der Waals surface area contributed by atoms with Crippen LogP contribution in [0.15, 0.2) is 30.3 Å². The molecule has 3 aliphatic rings. The topological polar surface area (TPSA) is 61.8 Å². The Bertz CT molecular complexity index is 627. The molecule has 5 nitrogen and oxygen atoms in total. The van der Waals surface area contributed by atoms with Crippen molar-refractivity contribution in [2.24, 2.45) is 11.3 Å². The Morgan fingerprint density at radius 2 is 2.05 bits per heavy atom. The van der Waals surface area contributed by atoms with Crippen LogP contribution in [0.25, 0.3) is 0 Å². The van der Waals surface area contributed by atoms with Gasteiger partial charge in [0.05, 0.1) is 19.3 Å². The van der Waals surface area contributed by atoms with Crippen LogP contribution in [0, 0.1) is 11.3 Å². The number of rotatable bonds is 4. The average molecular weight is 302 g/mol. The second kappa shape index (κ2) is 4.64. The maximum absolute atomic E-state index is 12.1. The van der Waals surface area contributed by atoms with Crippen LogP contribution in [-0.4, -0.2) is 30.3 Å². The number of hydrogen-bond acceptors (Lipinski definition) is 5. The Balaban J connectivity index is 1.52. The SMILES string of the molecule is C[C@@]12C(=O)OC(=O)[C@@H]1[C@@]1(COCc3ccccc3)CC[C@@H]2O1. The van der Waals surface area contributed by atoms with Crippen LogP contribution in [0.2, 0.25) is 0 Å². The summed E-state index contributed by atoms with van der Waals surface area (Å²) < 4.78 is 16.8. The van der Waals surface area contributed by atoms with E-state index in [2.05, 4.69) is 0 Å². The van der Waals surface area contributed by atoms with Gasteiger partial charge in [0.15, 0.2) is 0 Å². The van der Waals surface area contributed by atoms with Crippen molar-refractivity contribution >= 4 is 11.9 Å². The second-order valence-electron chi connectivity index (χ2n) is 6.61. The molecule has 5 heteroatoms. The molecule has 22 heavy (non-hydrogen) atoms. The fourth-order valence-electron chi connectivity index (χ4n) is 4.22. The fourth-order valence-corrected chi connectivity index (χ4v) is 4.22. The maximum Gasteiger partial charge on any atom is 0.323 e. The zero-order valence-corrected chi connectivity index (χ0v) is 12.4. The quantitative estimate of drug-likeness (QED) is 0.627. The van der Waals surface area contributed by atoms with Crippen molar-refractivity contribution in [3.8, 4) is 0 Å². The highest BCUT2D eigenvalue weighted by Gasteiger charge is 2.75. The van der Waals surface area contributed by atoms with Gasteiger partial charge in [-0.2, -0.15) is 0 Å². The largest absolute Gasteiger partial charge is 0.392 e. The lowest BCUT2D eigenvalue weighted by atomic mass is 9.64. The number of cyclic esters (lactones) is 2. The predicted octanol–water partition coefficient (Wildman–Crippen LogP) is 1.84. The molecule has 1 aromatic carbocycles. The van der Waals surface area contributed by atoms with Crippen LogP contribution < -0.4 is 0 Å². The molecule has 0 N–H and O–H groups in total. The lowest BCUT2D eigenvalue weighted by molar-refractivity contribution is -0.162. The molecular formula is C17H18O5. The van der Waals surface area contributed by atoms with Crippen LogP contribution in [0.3, 0.4) is 0 Å². The van der Waals surface area contributed by atoms with Crippen LogP contribution >= 0.6 is 0 Å². The molecule has 0 radical (unpaired) electrons. The molecule has 4 atom stereocenters. The molecule has 1 aromatic rings. The van der Waals surface area contributed by atoms with Crippen molar-refractivity contribution in [3.05, 3.63) is 35.9 Å². The van der Waals surface area contributed by atoms with Crippen molar-refractivity contribution in [1.82, 2.24) is 0 Å². The number of esters is 2. The van der Waals surface area contributed by atoms with Crippen molar-refractivity contribution in [2.75, 3.05) is 6.61 Å². The number of fused-ring (bicyclic) bond motifs is 5. The Morgan fingerprint density at radius 1 is 1.27 bits per heavy atom. The van der Waals surface area contributed by atoms with E-state index in [0.29, 0.717) is 13.2 Å². The number of ether oxygens (including phenoxy) is 3. The van der Waals surface area contributed by atoms with Gasteiger partial charge in [-0.15, -0.1) is 0 Å². The van der Waals surface area contributed by atoms with Crippen LogP contribution in [0.4, 0.5) is 0 Å². The highest BCUT2D eigenvalue weighted by atomic mass is 16.6. The van der Waals surface area contributed by atoms with Crippen LogP contribution in [-0.2, 0) is 30.4 Å². The Labute approximate surface area is 128 Å². The van der Waals surface area contributed by atoms with E-state index in [1.807, 2.05) is 30.3 Å². The minimum absolute atomic E-state index is 0.239. The van der Waals surface area contributed by atoms with E-state index in [1.54, 1.807) is 6.92 Å². The van der Waals surface area contributed by atoms with Gasteiger partial charge in [-0.1, -0.05) is 30.3 Å². The lowest BCUT2D eigenvalue weighted by Gasteiger charge is -2.33. The van der Waals surface area contributed by atoms with Gasteiger partial charge >= 0.3 is 11.9 Å².